The smallest absolute Gasteiger partial charge is 0.252 e. The molecule has 1 spiro atoms. The molecule has 2 aliphatic heterocycles. The van der Waals surface area contributed by atoms with Gasteiger partial charge in [-0.05, 0) is 49.0 Å². The van der Waals surface area contributed by atoms with E-state index in [9.17, 15) is 15.0 Å². The van der Waals surface area contributed by atoms with Crippen molar-refractivity contribution in [1.29, 1.82) is 0 Å². The van der Waals surface area contributed by atoms with Crippen molar-refractivity contribution in [1.82, 2.24) is 5.32 Å². The summed E-state index contributed by atoms with van der Waals surface area (Å²) < 4.78 is 6.89. The maximum atomic E-state index is 12.2. The molecule has 0 unspecified atom stereocenters. The predicted octanol–water partition coefficient (Wildman–Crippen LogP) is 3.54. The molecule has 5 rings (SSSR count). The monoisotopic (exact) mass is 385 g/mol. The van der Waals surface area contributed by atoms with Crippen LogP contribution in [-0.2, 0) is 13.0 Å². The summed E-state index contributed by atoms with van der Waals surface area (Å²) in [6, 6.07) is 1.61. The SMILES string of the molecule is C[C@@H]1CC[C@@H]2C(C)(C)[C@H](O)CC[C@]2(C)[C@]12Cc1c(O)cc3c(c1O2)CNC3=O. The third-order valence-electron chi connectivity index (χ3n) is 8.97. The van der Waals surface area contributed by atoms with Gasteiger partial charge in [0, 0.05) is 29.5 Å². The number of aliphatic hydroxyl groups excluding tert-OH is 1. The molecule has 1 aromatic rings. The van der Waals surface area contributed by atoms with Gasteiger partial charge in [-0.2, -0.15) is 0 Å². The topological polar surface area (TPSA) is 78.8 Å². The van der Waals surface area contributed by atoms with E-state index in [2.05, 4.69) is 33.0 Å². The van der Waals surface area contributed by atoms with Crippen LogP contribution in [0.5, 0.6) is 11.5 Å². The van der Waals surface area contributed by atoms with Crippen molar-refractivity contribution < 1.29 is 19.7 Å². The van der Waals surface area contributed by atoms with Crippen LogP contribution in [0.4, 0.5) is 0 Å². The van der Waals surface area contributed by atoms with E-state index in [0.717, 1.165) is 42.6 Å². The Labute approximate surface area is 166 Å². The van der Waals surface area contributed by atoms with Crippen LogP contribution >= 0.6 is 0 Å². The number of hydrogen-bond donors (Lipinski definition) is 3. The number of nitrogens with one attached hydrogen (secondary N) is 1. The van der Waals surface area contributed by atoms with Crippen LogP contribution in [0.2, 0.25) is 0 Å². The summed E-state index contributed by atoms with van der Waals surface area (Å²) in [5.41, 5.74) is 1.61. The molecule has 1 aromatic carbocycles. The van der Waals surface area contributed by atoms with Crippen molar-refractivity contribution in [3.05, 3.63) is 22.8 Å². The van der Waals surface area contributed by atoms with E-state index in [1.54, 1.807) is 6.07 Å². The Morgan fingerprint density at radius 3 is 2.68 bits per heavy atom. The lowest BCUT2D eigenvalue weighted by molar-refractivity contribution is -0.210. The number of fused-ring (bicyclic) bond motifs is 5. The highest BCUT2D eigenvalue weighted by Gasteiger charge is 2.67. The Morgan fingerprint density at radius 2 is 1.93 bits per heavy atom. The number of ether oxygens (including phenoxy) is 1. The molecule has 0 saturated heterocycles. The molecule has 5 nitrogen and oxygen atoms in total. The molecule has 2 saturated carbocycles. The van der Waals surface area contributed by atoms with E-state index in [1.165, 1.54) is 0 Å². The molecule has 2 aliphatic carbocycles. The molecule has 2 heterocycles. The van der Waals surface area contributed by atoms with E-state index in [-0.39, 0.29) is 28.6 Å². The number of rotatable bonds is 0. The minimum Gasteiger partial charge on any atom is -0.508 e. The van der Waals surface area contributed by atoms with Crippen LogP contribution in [0.1, 0.15) is 74.9 Å². The highest BCUT2D eigenvalue weighted by atomic mass is 16.5. The zero-order valence-corrected chi connectivity index (χ0v) is 17.3. The normalized spacial score (nSPS) is 40.5. The molecular formula is C23H31NO4. The van der Waals surface area contributed by atoms with Gasteiger partial charge in [-0.1, -0.05) is 27.7 Å². The summed E-state index contributed by atoms with van der Waals surface area (Å²) in [5.74, 6) is 1.46. The van der Waals surface area contributed by atoms with Gasteiger partial charge in [-0.25, -0.2) is 0 Å². The van der Waals surface area contributed by atoms with Crippen molar-refractivity contribution in [2.24, 2.45) is 22.7 Å². The fourth-order valence-corrected chi connectivity index (χ4v) is 7.19. The van der Waals surface area contributed by atoms with E-state index in [0.29, 0.717) is 30.4 Å². The van der Waals surface area contributed by atoms with Gasteiger partial charge in [0.15, 0.2) is 0 Å². The number of amides is 1. The lowest BCUT2D eigenvalue weighted by atomic mass is 9.43. The maximum absolute atomic E-state index is 12.2. The third-order valence-corrected chi connectivity index (χ3v) is 8.97. The quantitative estimate of drug-likeness (QED) is 0.638. The molecule has 3 N–H and O–H groups in total. The zero-order valence-electron chi connectivity index (χ0n) is 17.3. The molecule has 28 heavy (non-hydrogen) atoms. The van der Waals surface area contributed by atoms with Crippen LogP contribution < -0.4 is 10.1 Å². The number of benzene rings is 1. The largest absolute Gasteiger partial charge is 0.508 e. The van der Waals surface area contributed by atoms with E-state index in [1.807, 2.05) is 0 Å². The fraction of sp³-hybridized carbons (Fsp3) is 0.696. The van der Waals surface area contributed by atoms with Crippen LogP contribution in [0, 0.1) is 22.7 Å². The minimum absolute atomic E-state index is 0.0955. The number of aromatic hydroxyl groups is 1. The Balaban J connectivity index is 1.65. The second kappa shape index (κ2) is 5.44. The van der Waals surface area contributed by atoms with Gasteiger partial charge in [-0.3, -0.25) is 4.79 Å². The Morgan fingerprint density at radius 1 is 1.18 bits per heavy atom. The van der Waals surface area contributed by atoms with E-state index >= 15 is 0 Å². The van der Waals surface area contributed by atoms with Crippen molar-refractivity contribution >= 4 is 5.91 Å². The number of aliphatic hydroxyl groups is 1. The van der Waals surface area contributed by atoms with Crippen molar-refractivity contribution in [3.8, 4) is 11.5 Å². The van der Waals surface area contributed by atoms with Crippen LogP contribution in [-0.4, -0.2) is 27.8 Å². The van der Waals surface area contributed by atoms with Gasteiger partial charge in [-0.15, -0.1) is 0 Å². The van der Waals surface area contributed by atoms with Crippen molar-refractivity contribution in [2.75, 3.05) is 0 Å². The number of hydrogen-bond acceptors (Lipinski definition) is 4. The van der Waals surface area contributed by atoms with Gasteiger partial charge >= 0.3 is 0 Å². The number of carbonyl (C=O) groups is 1. The number of phenols is 1. The minimum atomic E-state index is -0.409. The molecule has 5 heteroatoms. The molecule has 152 valence electrons. The van der Waals surface area contributed by atoms with Crippen LogP contribution in [0.15, 0.2) is 6.07 Å². The van der Waals surface area contributed by atoms with E-state index in [4.69, 9.17) is 4.74 Å². The Hall–Kier alpha value is -1.75. The highest BCUT2D eigenvalue weighted by molar-refractivity contribution is 6.00. The molecule has 2 fully saturated rings. The number of phenolic OH excluding ortho intramolecular Hbond substituents is 1. The average molecular weight is 386 g/mol. The molecular weight excluding hydrogens is 354 g/mol. The molecule has 4 aliphatic rings. The summed E-state index contributed by atoms with van der Waals surface area (Å²) >= 11 is 0. The van der Waals surface area contributed by atoms with Crippen molar-refractivity contribution in [3.63, 3.8) is 0 Å². The standard InChI is InChI=1S/C23H31NO4/c1-12-5-6-17-21(2,3)18(26)7-8-22(17,4)23(12)10-14-16(25)9-13-15(19(14)28-23)11-24-20(13)27/h9,12,17-18,25-26H,5-8,10-11H2,1-4H3,(H,24,27)/t12-,17-,18-,22+,23+/m1/s1. The zero-order chi connectivity index (χ0) is 20.1. The maximum Gasteiger partial charge on any atom is 0.252 e. The van der Waals surface area contributed by atoms with Crippen LogP contribution in [0.25, 0.3) is 0 Å². The fourth-order valence-electron chi connectivity index (χ4n) is 7.19. The molecule has 1 amide bonds. The summed E-state index contributed by atoms with van der Waals surface area (Å²) in [5, 5.41) is 24.3. The summed E-state index contributed by atoms with van der Waals surface area (Å²) in [6.07, 6.45) is 4.21. The second-order valence-electron chi connectivity index (χ2n) is 10.4. The average Bonchev–Trinajstić information content (AvgIpc) is 3.20. The van der Waals surface area contributed by atoms with Crippen LogP contribution in [0.3, 0.4) is 0 Å². The first-order chi connectivity index (χ1) is 13.1. The predicted molar refractivity (Wildman–Crippen MR) is 105 cm³/mol. The van der Waals surface area contributed by atoms with Gasteiger partial charge in [0.25, 0.3) is 5.91 Å². The summed E-state index contributed by atoms with van der Waals surface area (Å²) in [6.45, 7) is 9.47. The lowest BCUT2D eigenvalue weighted by Crippen LogP contribution is -2.66. The third kappa shape index (κ3) is 1.99. The molecule has 0 bridgehead atoms. The second-order valence-corrected chi connectivity index (χ2v) is 10.4. The van der Waals surface area contributed by atoms with Gasteiger partial charge in [0.1, 0.15) is 17.1 Å². The Bertz CT molecular complexity index is 878. The molecule has 5 atom stereocenters. The van der Waals surface area contributed by atoms with Gasteiger partial charge in [0.2, 0.25) is 0 Å². The Kier molecular flexibility index (Phi) is 3.55. The first-order valence-electron chi connectivity index (χ1n) is 10.6. The van der Waals surface area contributed by atoms with Gasteiger partial charge < -0.3 is 20.3 Å². The molecule has 0 radical (unpaired) electrons. The number of carbonyl (C=O) groups excluding carboxylic acids is 1. The lowest BCUT2D eigenvalue weighted by Gasteiger charge is -2.64. The molecule has 0 aromatic heterocycles. The first-order valence-corrected chi connectivity index (χ1v) is 10.6. The van der Waals surface area contributed by atoms with Gasteiger partial charge in [0.05, 0.1) is 11.7 Å². The highest BCUT2D eigenvalue weighted by Crippen LogP contribution is 2.67. The summed E-state index contributed by atoms with van der Waals surface area (Å²) in [7, 11) is 0. The van der Waals surface area contributed by atoms with E-state index < -0.39 is 5.60 Å². The summed E-state index contributed by atoms with van der Waals surface area (Å²) in [4.78, 5) is 12.2. The first kappa shape index (κ1) is 18.3. The van der Waals surface area contributed by atoms with Crippen molar-refractivity contribution in [2.45, 2.75) is 78.0 Å².